The van der Waals surface area contributed by atoms with E-state index in [4.69, 9.17) is 39.1 Å². The van der Waals surface area contributed by atoms with Crippen molar-refractivity contribution >= 4 is 46.4 Å². The molecule has 0 aliphatic carbocycles. The third-order valence-electron chi connectivity index (χ3n) is 16.3. The van der Waals surface area contributed by atoms with Crippen LogP contribution in [0.1, 0.15) is 163 Å². The second-order valence-electron chi connectivity index (χ2n) is 21.5. The van der Waals surface area contributed by atoms with Crippen LogP contribution in [-0.4, -0.2) is 198 Å². The number of carbonyl (C=O) groups excluding carboxylic acids is 6. The van der Waals surface area contributed by atoms with Crippen LogP contribution < -0.4 is 5.73 Å². The number of amides is 5. The lowest BCUT2D eigenvalue weighted by atomic mass is 9.99. The largest absolute Gasteiger partial charge is 0.450 e. The van der Waals surface area contributed by atoms with Gasteiger partial charge >= 0.3 is 30.5 Å². The molecule has 5 amide bonds. The summed E-state index contributed by atoms with van der Waals surface area (Å²) in [5.74, 6) is 0.290. The number of hydrogen-bond donors (Lipinski definition) is 2. The number of carbonyl (C=O) groups is 6. The Hall–Kier alpha value is -4.84. The van der Waals surface area contributed by atoms with Crippen LogP contribution in [0.15, 0.2) is 5.11 Å². The molecule has 0 aromatic rings. The smallest absolute Gasteiger partial charge is 0.410 e. The van der Waals surface area contributed by atoms with Gasteiger partial charge in [-0.1, -0.05) is 5.11 Å². The molecule has 3 N–H and O–H groups in total. The molecule has 10 unspecified atom stereocenters. The molecule has 25 heteroatoms. The summed E-state index contributed by atoms with van der Waals surface area (Å²) in [5.41, 5.74) is 14.3. The van der Waals surface area contributed by atoms with E-state index in [1.54, 1.807) is 23.6 Å². The molecule has 10 saturated heterocycles. The van der Waals surface area contributed by atoms with Crippen molar-refractivity contribution in [1.29, 1.82) is 0 Å². The Bertz CT molecular complexity index is 2040. The maximum absolute atomic E-state index is 11.8. The lowest BCUT2D eigenvalue weighted by molar-refractivity contribution is -0.123. The zero-order valence-corrected chi connectivity index (χ0v) is 46.3. The molecule has 10 fully saturated rings. The summed E-state index contributed by atoms with van der Waals surface area (Å²) < 4.78 is 52.4. The van der Waals surface area contributed by atoms with Gasteiger partial charge in [0.15, 0.2) is 0 Å². The van der Waals surface area contributed by atoms with Gasteiger partial charge in [-0.15, -0.1) is 0 Å². The Kier molecular flexibility index (Phi) is 22.4. The molecule has 10 aliphatic rings. The van der Waals surface area contributed by atoms with Crippen molar-refractivity contribution in [3.05, 3.63) is 10.4 Å². The molecule has 0 radical (unpaired) electrons. The highest BCUT2D eigenvalue weighted by Crippen LogP contribution is 2.40. The lowest BCUT2D eigenvalue weighted by Crippen LogP contribution is -2.50. The van der Waals surface area contributed by atoms with Crippen LogP contribution in [0.25, 0.3) is 10.4 Å². The van der Waals surface area contributed by atoms with Crippen LogP contribution in [0.4, 0.5) is 24.0 Å². The van der Waals surface area contributed by atoms with E-state index in [0.717, 1.165) is 109 Å². The van der Waals surface area contributed by atoms with Crippen LogP contribution in [0.3, 0.4) is 0 Å². The lowest BCUT2D eigenvalue weighted by Gasteiger charge is -2.37. The number of rotatable bonds is 8. The highest BCUT2D eigenvalue weighted by molar-refractivity contribution is 7.86. The molecule has 76 heavy (non-hydrogen) atoms. The number of piperidine rings is 5. The minimum Gasteiger partial charge on any atom is -0.450 e. The molecule has 10 rings (SSSR count). The minimum absolute atomic E-state index is 0.0492. The summed E-state index contributed by atoms with van der Waals surface area (Å²) in [4.78, 5) is 81.5. The predicted octanol–water partition coefficient (Wildman–Crippen LogP) is 7.13. The molecular weight excluding hydrogens is 1010 g/mol. The van der Waals surface area contributed by atoms with Crippen LogP contribution in [0, 0.1) is 0 Å². The Morgan fingerprint density at radius 3 is 1.11 bits per heavy atom. The topological polar surface area (TPSA) is 303 Å². The maximum atomic E-state index is 11.8. The monoisotopic (exact) mass is 1100 g/mol. The maximum Gasteiger partial charge on any atom is 0.410 e. The number of Topliss-reactive ketones (excluding diaryl/α,β-unsaturated/α-hetero) is 1. The molecule has 10 aliphatic heterocycles. The standard InChI is InChI=1S/C11H19NO5S.C10H16N4O2.C10H18N2O2.C10H17NO3.C10H15NO3/c1-3-16-11(13)12-8-4-5-9(12)7-10(6-8)17-18(2,14)15;1-2-16-10(15)14-8-3-4-9(14)6-7(5-8)12-13-11;1-2-14-10(13)12-8-3-4-9(12)6-7(11)5-8;2*1-2-14-10(13)11-7-3-4-8(11)6-9(12)5-7/h8-10H,3-7H2,1-2H3;7-9H,2-6H2,1H3;7-9H,2-6,11H2,1H3;7-9,12H,2-6H2,1H3;7-8H,2-6H2,1H3. The average molecular weight is 1100 g/mol. The molecule has 0 spiro atoms. The summed E-state index contributed by atoms with van der Waals surface area (Å²) in [5, 5.41) is 13.3. The van der Waals surface area contributed by atoms with Crippen LogP contribution in [0.2, 0.25) is 0 Å². The van der Waals surface area contributed by atoms with Gasteiger partial charge in [0.2, 0.25) is 0 Å². The van der Waals surface area contributed by atoms with Gasteiger partial charge in [-0.3, -0.25) is 8.98 Å². The minimum atomic E-state index is -3.43. The van der Waals surface area contributed by atoms with E-state index in [9.17, 15) is 42.3 Å². The fourth-order valence-corrected chi connectivity index (χ4v) is 14.2. The number of azide groups is 1. The third-order valence-corrected chi connectivity index (χ3v) is 17.0. The Balaban J connectivity index is 0.000000155. The summed E-state index contributed by atoms with van der Waals surface area (Å²) in [6, 6.07) is 2.15. The van der Waals surface area contributed by atoms with Gasteiger partial charge in [0.1, 0.15) is 5.78 Å². The molecule has 24 nitrogen and oxygen atoms in total. The van der Waals surface area contributed by atoms with E-state index in [2.05, 4.69) is 10.0 Å². The van der Waals surface area contributed by atoms with Crippen LogP contribution in [0.5, 0.6) is 0 Å². The average Bonchev–Trinajstić information content (AvgIpc) is 4.08. The number of hydrogen-bond acceptors (Lipinski definition) is 17. The molecule has 10 atom stereocenters. The van der Waals surface area contributed by atoms with Gasteiger partial charge in [0, 0.05) is 90.3 Å². The first-order valence-electron chi connectivity index (χ1n) is 28.0. The van der Waals surface area contributed by atoms with Gasteiger partial charge in [-0.05, 0) is 156 Å². The molecule has 10 heterocycles. The molecule has 0 saturated carbocycles. The first-order valence-corrected chi connectivity index (χ1v) is 29.8. The molecule has 430 valence electrons. The van der Waals surface area contributed by atoms with Crippen LogP contribution >= 0.6 is 0 Å². The van der Waals surface area contributed by atoms with Gasteiger partial charge < -0.3 is 59.0 Å². The van der Waals surface area contributed by atoms with Crippen molar-refractivity contribution in [3.8, 4) is 0 Å². The summed E-state index contributed by atoms with van der Waals surface area (Å²) in [7, 11) is -3.43. The highest BCUT2D eigenvalue weighted by Gasteiger charge is 2.48. The van der Waals surface area contributed by atoms with Gasteiger partial charge in [0.25, 0.3) is 10.1 Å². The second-order valence-corrected chi connectivity index (χ2v) is 23.1. The van der Waals surface area contributed by atoms with E-state index < -0.39 is 10.1 Å². The van der Waals surface area contributed by atoms with Gasteiger partial charge in [0.05, 0.1) is 51.5 Å². The van der Waals surface area contributed by atoms with Crippen molar-refractivity contribution in [2.45, 2.75) is 248 Å². The third kappa shape index (κ3) is 15.7. The zero-order chi connectivity index (χ0) is 55.3. The van der Waals surface area contributed by atoms with Gasteiger partial charge in [-0.25, -0.2) is 24.0 Å². The second kappa shape index (κ2) is 28.2. The quantitative estimate of drug-likeness (QED) is 0.0803. The van der Waals surface area contributed by atoms with Crippen molar-refractivity contribution in [3.63, 3.8) is 0 Å². The Morgan fingerprint density at radius 2 is 0.803 bits per heavy atom. The van der Waals surface area contributed by atoms with E-state index in [1.807, 2.05) is 35.5 Å². The molecule has 0 aromatic heterocycles. The van der Waals surface area contributed by atoms with E-state index >= 15 is 0 Å². The number of nitrogens with two attached hydrogens (primary N) is 1. The molecular formula is C51H85N9O15S. The fraction of sp³-hybridized carbons (Fsp3) is 0.882. The normalized spacial score (nSPS) is 33.1. The summed E-state index contributed by atoms with van der Waals surface area (Å²) in [6.07, 6.45) is 16.4. The number of aliphatic hydroxyl groups excluding tert-OH is 1. The first kappa shape index (κ1) is 60.4. The number of nitrogens with zero attached hydrogens (tertiary/aromatic N) is 8. The molecule has 0 aromatic carbocycles. The SMILES string of the molecule is CCOC(=O)N1C2CCC1CC(=O)C2.CCOC(=O)N1C2CCC1CC(N)C2.CCOC(=O)N1C2CCC1CC(N=[N+]=[N-])C2.CCOC(=O)N1C2CCC1CC(O)C2.CCOC(=O)N1C2CCC1CC(OS(C)(=O)=O)C2. The van der Waals surface area contributed by atoms with Crippen molar-refractivity contribution in [2.75, 3.05) is 39.3 Å². The number of ketones is 1. The van der Waals surface area contributed by atoms with E-state index in [0.29, 0.717) is 70.8 Å². The van der Waals surface area contributed by atoms with Crippen LogP contribution in [-0.2, 0) is 42.8 Å². The Morgan fingerprint density at radius 1 is 0.526 bits per heavy atom. The number of aliphatic hydroxyl groups is 1. The van der Waals surface area contributed by atoms with Crippen molar-refractivity contribution in [1.82, 2.24) is 24.5 Å². The summed E-state index contributed by atoms with van der Waals surface area (Å²) >= 11 is 0. The fourth-order valence-electron chi connectivity index (χ4n) is 13.6. The highest BCUT2D eigenvalue weighted by atomic mass is 32.2. The Labute approximate surface area is 448 Å². The van der Waals surface area contributed by atoms with E-state index in [1.165, 1.54) is 0 Å². The summed E-state index contributed by atoms with van der Waals surface area (Å²) in [6.45, 7) is 11.1. The van der Waals surface area contributed by atoms with Crippen molar-refractivity contribution in [2.24, 2.45) is 10.8 Å². The predicted molar refractivity (Wildman–Crippen MR) is 276 cm³/mol. The van der Waals surface area contributed by atoms with E-state index in [-0.39, 0.29) is 109 Å². The first-order chi connectivity index (χ1) is 36.3. The molecule has 10 bridgehead atoms. The zero-order valence-electron chi connectivity index (χ0n) is 45.5. The van der Waals surface area contributed by atoms with Gasteiger partial charge in [-0.2, -0.15) is 8.42 Å². The number of ether oxygens (including phenoxy) is 5. The number of fused-ring (bicyclic) bond motifs is 10. The van der Waals surface area contributed by atoms with Crippen molar-refractivity contribution < 1.29 is 70.2 Å².